The predicted molar refractivity (Wildman–Crippen MR) is 75.4 cm³/mol. The Balaban J connectivity index is 1.90. The fourth-order valence-electron chi connectivity index (χ4n) is 2.25. The molecule has 1 aromatic heterocycles. The number of halogens is 1. The maximum atomic E-state index is 10.8. The number of morpholine rings is 1. The maximum Gasteiger partial charge on any atom is 0.271 e. The van der Waals surface area contributed by atoms with Crippen LogP contribution in [0.5, 0.6) is 0 Å². The quantitative estimate of drug-likeness (QED) is 0.531. The molecule has 3 rings (SSSR count). The zero-order chi connectivity index (χ0) is 14.1. The standard InChI is InChI=1S/C12H13ClN4O3/c13-6-9-7-16(3-4-20-9)12-14-10-2-1-8(17(18)19)5-11(10)15-12/h1-2,5,9H,3-4,6-7H2,(H,14,15). The molecule has 2 aromatic rings. The molecule has 20 heavy (non-hydrogen) atoms. The van der Waals surface area contributed by atoms with E-state index in [2.05, 4.69) is 9.97 Å². The monoisotopic (exact) mass is 296 g/mol. The summed E-state index contributed by atoms with van der Waals surface area (Å²) in [6, 6.07) is 4.59. The summed E-state index contributed by atoms with van der Waals surface area (Å²) in [4.78, 5) is 20.0. The van der Waals surface area contributed by atoms with Crippen molar-refractivity contribution in [2.75, 3.05) is 30.5 Å². The van der Waals surface area contributed by atoms with E-state index in [4.69, 9.17) is 16.3 Å². The summed E-state index contributed by atoms with van der Waals surface area (Å²) in [6.45, 7) is 1.97. The number of non-ortho nitro benzene ring substituents is 1. The first-order valence-electron chi connectivity index (χ1n) is 6.24. The van der Waals surface area contributed by atoms with Gasteiger partial charge in [0.15, 0.2) is 0 Å². The number of fused-ring (bicyclic) bond motifs is 1. The fourth-order valence-corrected chi connectivity index (χ4v) is 2.44. The van der Waals surface area contributed by atoms with Crippen molar-refractivity contribution < 1.29 is 9.66 Å². The van der Waals surface area contributed by atoms with Gasteiger partial charge in [0.1, 0.15) is 0 Å². The summed E-state index contributed by atoms with van der Waals surface area (Å²) in [7, 11) is 0. The highest BCUT2D eigenvalue weighted by atomic mass is 35.5. The zero-order valence-electron chi connectivity index (χ0n) is 10.6. The molecule has 8 heteroatoms. The lowest BCUT2D eigenvalue weighted by molar-refractivity contribution is -0.384. The Kier molecular flexibility index (Phi) is 3.45. The molecule has 1 unspecified atom stereocenters. The van der Waals surface area contributed by atoms with E-state index >= 15 is 0 Å². The van der Waals surface area contributed by atoms with E-state index in [1.54, 1.807) is 6.07 Å². The highest BCUT2D eigenvalue weighted by Crippen LogP contribution is 2.23. The number of nitrogens with one attached hydrogen (secondary N) is 1. The van der Waals surface area contributed by atoms with E-state index in [0.717, 1.165) is 6.54 Å². The zero-order valence-corrected chi connectivity index (χ0v) is 11.3. The second-order valence-electron chi connectivity index (χ2n) is 4.61. The Morgan fingerprint density at radius 1 is 1.60 bits per heavy atom. The van der Waals surface area contributed by atoms with Gasteiger partial charge in [-0.25, -0.2) is 4.98 Å². The molecule has 2 heterocycles. The minimum absolute atomic E-state index is 0.0204. The van der Waals surface area contributed by atoms with Crippen molar-refractivity contribution in [3.05, 3.63) is 28.3 Å². The number of hydrogen-bond donors (Lipinski definition) is 1. The van der Waals surface area contributed by atoms with E-state index < -0.39 is 4.92 Å². The van der Waals surface area contributed by atoms with Crippen LogP contribution in [0.3, 0.4) is 0 Å². The van der Waals surface area contributed by atoms with Crippen molar-refractivity contribution in [3.8, 4) is 0 Å². The number of ether oxygens (including phenoxy) is 1. The molecule has 1 aromatic carbocycles. The summed E-state index contributed by atoms with van der Waals surface area (Å²) < 4.78 is 5.50. The van der Waals surface area contributed by atoms with Gasteiger partial charge in [0.05, 0.1) is 34.5 Å². The van der Waals surface area contributed by atoms with Crippen LogP contribution in [0, 0.1) is 10.1 Å². The molecular weight excluding hydrogens is 284 g/mol. The summed E-state index contributed by atoms with van der Waals surface area (Å²) in [5.41, 5.74) is 1.41. The van der Waals surface area contributed by atoms with E-state index in [0.29, 0.717) is 36.0 Å². The highest BCUT2D eigenvalue weighted by Gasteiger charge is 2.22. The molecule has 1 atom stereocenters. The summed E-state index contributed by atoms with van der Waals surface area (Å²) in [5, 5.41) is 10.8. The van der Waals surface area contributed by atoms with Crippen molar-refractivity contribution >= 4 is 34.3 Å². The maximum absolute atomic E-state index is 10.8. The Morgan fingerprint density at radius 3 is 3.20 bits per heavy atom. The van der Waals surface area contributed by atoms with Crippen molar-refractivity contribution in [2.24, 2.45) is 0 Å². The van der Waals surface area contributed by atoms with Gasteiger partial charge in [-0.05, 0) is 6.07 Å². The number of imidazole rings is 1. The summed E-state index contributed by atoms with van der Waals surface area (Å²) in [5.74, 6) is 1.13. The average Bonchev–Trinajstić information content (AvgIpc) is 2.90. The van der Waals surface area contributed by atoms with Crippen LogP contribution in [0.15, 0.2) is 18.2 Å². The van der Waals surface area contributed by atoms with Gasteiger partial charge in [0, 0.05) is 25.2 Å². The van der Waals surface area contributed by atoms with Crippen molar-refractivity contribution in [1.82, 2.24) is 9.97 Å². The first kappa shape index (κ1) is 13.1. The molecule has 106 valence electrons. The Labute approximate surface area is 119 Å². The third kappa shape index (κ3) is 2.41. The van der Waals surface area contributed by atoms with Crippen LogP contribution < -0.4 is 4.90 Å². The van der Waals surface area contributed by atoms with Gasteiger partial charge >= 0.3 is 0 Å². The molecular formula is C12H13ClN4O3. The van der Waals surface area contributed by atoms with E-state index in [9.17, 15) is 10.1 Å². The number of aromatic nitrogens is 2. The molecule has 0 spiro atoms. The molecule has 0 aliphatic carbocycles. The lowest BCUT2D eigenvalue weighted by atomic mass is 10.3. The van der Waals surface area contributed by atoms with Crippen LogP contribution in [0.1, 0.15) is 0 Å². The molecule has 1 N–H and O–H groups in total. The molecule has 0 bridgehead atoms. The molecule has 0 saturated carbocycles. The molecule has 1 aliphatic heterocycles. The number of benzene rings is 1. The lowest BCUT2D eigenvalue weighted by Gasteiger charge is -2.31. The summed E-state index contributed by atoms with van der Waals surface area (Å²) >= 11 is 5.81. The number of nitro benzene ring substituents is 1. The van der Waals surface area contributed by atoms with Gasteiger partial charge in [-0.3, -0.25) is 10.1 Å². The van der Waals surface area contributed by atoms with Gasteiger partial charge in [-0.1, -0.05) is 0 Å². The van der Waals surface area contributed by atoms with Gasteiger partial charge in [-0.2, -0.15) is 0 Å². The van der Waals surface area contributed by atoms with E-state index in [1.807, 2.05) is 4.90 Å². The SMILES string of the molecule is O=[N+]([O-])c1ccc2nc(N3CCOC(CCl)C3)[nH]c2c1. The smallest absolute Gasteiger partial charge is 0.271 e. The highest BCUT2D eigenvalue weighted by molar-refractivity contribution is 6.18. The number of nitro groups is 1. The molecule has 0 amide bonds. The lowest BCUT2D eigenvalue weighted by Crippen LogP contribution is -2.43. The second-order valence-corrected chi connectivity index (χ2v) is 4.92. The molecule has 7 nitrogen and oxygen atoms in total. The largest absolute Gasteiger partial charge is 0.373 e. The average molecular weight is 297 g/mol. The number of aromatic amines is 1. The van der Waals surface area contributed by atoms with Crippen LogP contribution >= 0.6 is 11.6 Å². The molecule has 0 radical (unpaired) electrons. The van der Waals surface area contributed by atoms with Crippen LogP contribution in [-0.2, 0) is 4.74 Å². The molecule has 1 aliphatic rings. The predicted octanol–water partition coefficient (Wildman–Crippen LogP) is 1.92. The minimum atomic E-state index is -0.418. The van der Waals surface area contributed by atoms with Gasteiger partial charge in [0.2, 0.25) is 5.95 Å². The number of nitrogens with zero attached hydrogens (tertiary/aromatic N) is 3. The number of alkyl halides is 1. The van der Waals surface area contributed by atoms with Crippen LogP contribution in [0.25, 0.3) is 11.0 Å². The number of hydrogen-bond acceptors (Lipinski definition) is 5. The first-order valence-corrected chi connectivity index (χ1v) is 6.77. The molecule has 1 saturated heterocycles. The topological polar surface area (TPSA) is 84.3 Å². The van der Waals surface area contributed by atoms with E-state index in [1.165, 1.54) is 12.1 Å². The third-order valence-corrected chi connectivity index (χ3v) is 3.62. The van der Waals surface area contributed by atoms with Crippen LogP contribution in [0.4, 0.5) is 11.6 Å². The van der Waals surface area contributed by atoms with Gasteiger partial charge in [0.25, 0.3) is 5.69 Å². The third-order valence-electron chi connectivity index (χ3n) is 3.27. The Bertz CT molecular complexity index is 645. The number of rotatable bonds is 3. The fraction of sp³-hybridized carbons (Fsp3) is 0.417. The van der Waals surface area contributed by atoms with Crippen molar-refractivity contribution in [1.29, 1.82) is 0 Å². The van der Waals surface area contributed by atoms with E-state index in [-0.39, 0.29) is 11.8 Å². The number of anilines is 1. The molecule has 1 fully saturated rings. The summed E-state index contributed by atoms with van der Waals surface area (Å²) in [6.07, 6.45) is -0.0204. The van der Waals surface area contributed by atoms with Crippen molar-refractivity contribution in [3.63, 3.8) is 0 Å². The minimum Gasteiger partial charge on any atom is -0.373 e. The normalized spacial score (nSPS) is 19.4. The first-order chi connectivity index (χ1) is 9.67. The van der Waals surface area contributed by atoms with Crippen molar-refractivity contribution in [2.45, 2.75) is 6.10 Å². The van der Waals surface area contributed by atoms with Crippen LogP contribution in [0.2, 0.25) is 0 Å². The Morgan fingerprint density at radius 2 is 2.45 bits per heavy atom. The van der Waals surface area contributed by atoms with Gasteiger partial charge < -0.3 is 14.6 Å². The number of H-pyrrole nitrogens is 1. The van der Waals surface area contributed by atoms with Gasteiger partial charge in [-0.15, -0.1) is 11.6 Å². The second kappa shape index (κ2) is 5.26. The van der Waals surface area contributed by atoms with Crippen LogP contribution in [-0.4, -0.2) is 46.6 Å². The Hall–Kier alpha value is -1.86.